The number of halogens is 2. The molecule has 0 heterocycles. The second kappa shape index (κ2) is 8.64. The molecule has 0 N–H and O–H groups in total. The fraction of sp³-hybridized carbons (Fsp3) is 0.143. The maximum absolute atomic E-state index is 13.6. The summed E-state index contributed by atoms with van der Waals surface area (Å²) in [6.45, 7) is 0. The summed E-state index contributed by atoms with van der Waals surface area (Å²) in [7, 11) is 0. The van der Waals surface area contributed by atoms with Gasteiger partial charge in [0.05, 0.1) is 5.02 Å². The SMILES string of the molecule is O=C(CCCC(=O)Oc1c(F)cccc1Cl)Oc1ccc2ccccc2c1. The molecule has 0 amide bonds. The van der Waals surface area contributed by atoms with E-state index in [9.17, 15) is 14.0 Å². The van der Waals surface area contributed by atoms with E-state index < -0.39 is 17.8 Å². The van der Waals surface area contributed by atoms with Gasteiger partial charge in [-0.25, -0.2) is 4.39 Å². The molecular weight excluding hydrogens is 371 g/mol. The number of hydrogen-bond donors (Lipinski definition) is 0. The topological polar surface area (TPSA) is 52.6 Å². The van der Waals surface area contributed by atoms with Crippen molar-refractivity contribution in [2.45, 2.75) is 19.3 Å². The van der Waals surface area contributed by atoms with Crippen molar-refractivity contribution in [3.63, 3.8) is 0 Å². The molecule has 27 heavy (non-hydrogen) atoms. The monoisotopic (exact) mass is 386 g/mol. The minimum absolute atomic E-state index is 0.0130. The van der Waals surface area contributed by atoms with E-state index >= 15 is 0 Å². The van der Waals surface area contributed by atoms with E-state index in [1.807, 2.05) is 30.3 Å². The zero-order valence-corrected chi connectivity index (χ0v) is 15.0. The molecule has 0 fully saturated rings. The van der Waals surface area contributed by atoms with Gasteiger partial charge in [-0.3, -0.25) is 9.59 Å². The molecule has 3 rings (SSSR count). The Bertz CT molecular complexity index is 967. The predicted molar refractivity (Wildman–Crippen MR) is 100 cm³/mol. The normalized spacial score (nSPS) is 10.6. The minimum atomic E-state index is -0.716. The van der Waals surface area contributed by atoms with Crippen LogP contribution in [0.1, 0.15) is 19.3 Å². The second-order valence-corrected chi connectivity index (χ2v) is 6.27. The molecule has 0 saturated heterocycles. The predicted octanol–water partition coefficient (Wildman–Crippen LogP) is 5.31. The maximum atomic E-state index is 13.6. The van der Waals surface area contributed by atoms with Crippen molar-refractivity contribution in [3.8, 4) is 11.5 Å². The van der Waals surface area contributed by atoms with Gasteiger partial charge in [-0.2, -0.15) is 0 Å². The van der Waals surface area contributed by atoms with Crippen molar-refractivity contribution in [3.05, 3.63) is 71.5 Å². The summed E-state index contributed by atoms with van der Waals surface area (Å²) >= 11 is 5.80. The molecule has 0 aliphatic heterocycles. The van der Waals surface area contributed by atoms with E-state index in [0.29, 0.717) is 5.75 Å². The van der Waals surface area contributed by atoms with E-state index in [4.69, 9.17) is 21.1 Å². The summed E-state index contributed by atoms with van der Waals surface area (Å²) in [5.41, 5.74) is 0. The summed E-state index contributed by atoms with van der Waals surface area (Å²) in [5.74, 6) is -1.70. The van der Waals surface area contributed by atoms with E-state index in [1.165, 1.54) is 12.1 Å². The highest BCUT2D eigenvalue weighted by atomic mass is 35.5. The van der Waals surface area contributed by atoms with Crippen LogP contribution < -0.4 is 9.47 Å². The fourth-order valence-corrected chi connectivity index (χ4v) is 2.74. The Morgan fingerprint density at radius 3 is 2.30 bits per heavy atom. The highest BCUT2D eigenvalue weighted by Gasteiger charge is 2.14. The maximum Gasteiger partial charge on any atom is 0.311 e. The molecule has 3 aromatic rings. The molecule has 0 saturated carbocycles. The van der Waals surface area contributed by atoms with Gasteiger partial charge in [0.2, 0.25) is 0 Å². The van der Waals surface area contributed by atoms with Crippen LogP contribution >= 0.6 is 11.6 Å². The number of benzene rings is 3. The van der Waals surface area contributed by atoms with Crippen LogP contribution in [0.15, 0.2) is 60.7 Å². The molecule has 0 atom stereocenters. The Morgan fingerprint density at radius 1 is 0.852 bits per heavy atom. The zero-order chi connectivity index (χ0) is 19.2. The lowest BCUT2D eigenvalue weighted by atomic mass is 10.1. The minimum Gasteiger partial charge on any atom is -0.427 e. The number of ether oxygens (including phenoxy) is 2. The Kier molecular flexibility index (Phi) is 6.04. The van der Waals surface area contributed by atoms with E-state index in [0.717, 1.165) is 16.8 Å². The molecule has 3 aromatic carbocycles. The van der Waals surface area contributed by atoms with E-state index in [1.54, 1.807) is 12.1 Å². The lowest BCUT2D eigenvalue weighted by Crippen LogP contribution is -2.12. The number of fused-ring (bicyclic) bond motifs is 1. The smallest absolute Gasteiger partial charge is 0.311 e. The first-order valence-corrected chi connectivity index (χ1v) is 8.75. The lowest BCUT2D eigenvalue weighted by molar-refractivity contribution is -0.136. The first-order valence-electron chi connectivity index (χ1n) is 8.37. The van der Waals surface area contributed by atoms with Gasteiger partial charge < -0.3 is 9.47 Å². The number of para-hydroxylation sites is 1. The third-order valence-electron chi connectivity index (χ3n) is 3.85. The number of hydrogen-bond acceptors (Lipinski definition) is 4. The van der Waals surface area contributed by atoms with Gasteiger partial charge in [-0.05, 0) is 41.5 Å². The summed E-state index contributed by atoms with van der Waals surface area (Å²) in [6, 6.07) is 17.1. The first kappa shape index (κ1) is 18.9. The molecule has 6 heteroatoms. The summed E-state index contributed by atoms with van der Waals surface area (Å²) in [5, 5.41) is 2.03. The molecule has 0 unspecified atom stereocenters. The third-order valence-corrected chi connectivity index (χ3v) is 4.15. The lowest BCUT2D eigenvalue weighted by Gasteiger charge is -2.07. The zero-order valence-electron chi connectivity index (χ0n) is 14.3. The fourth-order valence-electron chi connectivity index (χ4n) is 2.54. The van der Waals surface area contributed by atoms with Gasteiger partial charge in [0.15, 0.2) is 11.6 Å². The van der Waals surface area contributed by atoms with Gasteiger partial charge in [-0.15, -0.1) is 0 Å². The van der Waals surface area contributed by atoms with Crippen LogP contribution in [0, 0.1) is 5.82 Å². The number of carbonyl (C=O) groups is 2. The Labute approximate surface area is 160 Å². The molecule has 0 aromatic heterocycles. The summed E-state index contributed by atoms with van der Waals surface area (Å²) < 4.78 is 23.8. The average Bonchev–Trinajstić information content (AvgIpc) is 2.65. The van der Waals surface area contributed by atoms with Crippen molar-refractivity contribution >= 4 is 34.3 Å². The molecule has 0 radical (unpaired) electrons. The molecule has 0 spiro atoms. The second-order valence-electron chi connectivity index (χ2n) is 5.86. The van der Waals surface area contributed by atoms with Crippen molar-refractivity contribution in [1.29, 1.82) is 0 Å². The van der Waals surface area contributed by atoms with Gasteiger partial charge in [0, 0.05) is 12.8 Å². The molecule has 0 aliphatic rings. The van der Waals surface area contributed by atoms with E-state index in [2.05, 4.69) is 0 Å². The average molecular weight is 387 g/mol. The molecule has 0 aliphatic carbocycles. The largest absolute Gasteiger partial charge is 0.427 e. The number of carbonyl (C=O) groups excluding carboxylic acids is 2. The van der Waals surface area contributed by atoms with Crippen LogP contribution in [0.4, 0.5) is 4.39 Å². The Morgan fingerprint density at radius 2 is 1.56 bits per heavy atom. The summed E-state index contributed by atoms with van der Waals surface area (Å²) in [4.78, 5) is 23.7. The van der Waals surface area contributed by atoms with Crippen LogP contribution in [-0.4, -0.2) is 11.9 Å². The van der Waals surface area contributed by atoms with Crippen molar-refractivity contribution in [2.75, 3.05) is 0 Å². The van der Waals surface area contributed by atoms with Crippen molar-refractivity contribution in [1.82, 2.24) is 0 Å². The van der Waals surface area contributed by atoms with Gasteiger partial charge in [0.25, 0.3) is 0 Å². The third kappa shape index (κ3) is 5.05. The molecule has 138 valence electrons. The highest BCUT2D eigenvalue weighted by Crippen LogP contribution is 2.27. The quantitative estimate of drug-likeness (QED) is 0.425. The Balaban J connectivity index is 1.48. The van der Waals surface area contributed by atoms with Crippen LogP contribution in [0.3, 0.4) is 0 Å². The van der Waals surface area contributed by atoms with Crippen molar-refractivity contribution < 1.29 is 23.5 Å². The van der Waals surface area contributed by atoms with Gasteiger partial charge >= 0.3 is 11.9 Å². The van der Waals surface area contributed by atoms with Crippen LogP contribution in [-0.2, 0) is 9.59 Å². The first-order chi connectivity index (χ1) is 13.0. The standard InChI is InChI=1S/C21H16ClFO4/c22-17-7-3-8-18(23)21(17)27-20(25)10-4-9-19(24)26-16-12-11-14-5-1-2-6-15(14)13-16/h1-3,5-8,11-13H,4,9-10H2. The van der Waals surface area contributed by atoms with Gasteiger partial charge in [-0.1, -0.05) is 48.0 Å². The molecular formula is C21H16ClFO4. The summed E-state index contributed by atoms with van der Waals surface area (Å²) in [6.07, 6.45) is 0.196. The number of esters is 2. The van der Waals surface area contributed by atoms with Crippen LogP contribution in [0.2, 0.25) is 5.02 Å². The van der Waals surface area contributed by atoms with E-state index in [-0.39, 0.29) is 30.0 Å². The number of rotatable bonds is 6. The van der Waals surface area contributed by atoms with Crippen LogP contribution in [0.25, 0.3) is 10.8 Å². The highest BCUT2D eigenvalue weighted by molar-refractivity contribution is 6.32. The Hall–Kier alpha value is -2.92. The van der Waals surface area contributed by atoms with Gasteiger partial charge in [0.1, 0.15) is 5.75 Å². The molecule has 4 nitrogen and oxygen atoms in total. The van der Waals surface area contributed by atoms with Crippen molar-refractivity contribution in [2.24, 2.45) is 0 Å². The molecule has 0 bridgehead atoms. The van der Waals surface area contributed by atoms with Crippen LogP contribution in [0.5, 0.6) is 11.5 Å².